The van der Waals surface area contributed by atoms with Gasteiger partial charge in [-0.05, 0) is 18.9 Å². The van der Waals surface area contributed by atoms with Gasteiger partial charge in [0.15, 0.2) is 5.17 Å². The van der Waals surface area contributed by atoms with E-state index in [9.17, 15) is 4.79 Å². The fourth-order valence-corrected chi connectivity index (χ4v) is 1.28. The van der Waals surface area contributed by atoms with E-state index in [2.05, 4.69) is 16.0 Å². The zero-order valence-electron chi connectivity index (χ0n) is 5.60. The topological polar surface area (TPSA) is 29.4 Å². The van der Waals surface area contributed by atoms with Crippen LogP contribution >= 0.6 is 35.1 Å². The van der Waals surface area contributed by atoms with E-state index in [0.717, 1.165) is 0 Å². The molecule has 1 rings (SSSR count). The summed E-state index contributed by atoms with van der Waals surface area (Å²) in [5, 5.41) is 0.0602. The number of rotatable bonds is 0. The number of carbonyl (C=O) groups is 1. The fourth-order valence-electron chi connectivity index (χ4n) is 0.386. The lowest BCUT2D eigenvalue weighted by Crippen LogP contribution is -2.12. The Morgan fingerprint density at radius 3 is 2.20 bits per heavy atom. The minimum absolute atomic E-state index is 0.0586. The van der Waals surface area contributed by atoms with Crippen molar-refractivity contribution in [2.24, 2.45) is 4.40 Å². The summed E-state index contributed by atoms with van der Waals surface area (Å²) in [4.78, 5) is 10.6. The van der Waals surface area contributed by atoms with Gasteiger partial charge in [-0.3, -0.25) is 4.79 Å². The monoisotopic (exact) mass is 199 g/mol. The first-order valence-electron chi connectivity index (χ1n) is 2.53. The van der Waals surface area contributed by atoms with E-state index in [1.807, 2.05) is 0 Å². The molecule has 0 aliphatic carbocycles. The van der Waals surface area contributed by atoms with Crippen LogP contribution in [0.1, 0.15) is 6.92 Å². The quantitative estimate of drug-likeness (QED) is 0.442. The summed E-state index contributed by atoms with van der Waals surface area (Å²) in [6.07, 6.45) is 1.47. The van der Waals surface area contributed by atoms with Gasteiger partial charge in [0, 0.05) is 6.38 Å². The maximum absolute atomic E-state index is 10.6. The Bertz CT molecular complexity index is 160. The number of hydrogen-bond donors (Lipinski definition) is 0. The molecule has 0 amide bonds. The molecule has 0 N–H and O–H groups in total. The predicted molar refractivity (Wildman–Crippen MR) is 47.1 cm³/mol. The highest BCUT2D eigenvalue weighted by molar-refractivity contribution is 8.00. The highest BCUT2D eigenvalue weighted by atomic mass is 35.5. The summed E-state index contributed by atoms with van der Waals surface area (Å²) < 4.78 is 3.65. The van der Waals surface area contributed by atoms with Crippen LogP contribution in [0.4, 0.5) is 0 Å². The molecule has 0 saturated carbocycles. The van der Waals surface area contributed by atoms with E-state index in [1.165, 1.54) is 18.3 Å². The van der Waals surface area contributed by atoms with Crippen molar-refractivity contribution in [2.45, 2.75) is 12.2 Å². The first kappa shape index (κ1) is 10.3. The molecule has 1 aliphatic heterocycles. The average molecular weight is 200 g/mol. The third kappa shape index (κ3) is 2.48. The van der Waals surface area contributed by atoms with Crippen LogP contribution in [0.3, 0.4) is 0 Å². The van der Waals surface area contributed by atoms with Gasteiger partial charge < -0.3 is 0 Å². The van der Waals surface area contributed by atoms with Gasteiger partial charge in [0.1, 0.15) is 0 Å². The van der Waals surface area contributed by atoms with Gasteiger partial charge in [0.2, 0.25) is 5.78 Å². The van der Waals surface area contributed by atoms with E-state index in [4.69, 9.17) is 11.6 Å². The van der Waals surface area contributed by atoms with Gasteiger partial charge >= 0.3 is 0 Å². The molecule has 0 radical (unpaired) electrons. The van der Waals surface area contributed by atoms with E-state index >= 15 is 0 Å². The van der Waals surface area contributed by atoms with Crippen LogP contribution in [0, 0.1) is 0 Å². The molecule has 1 unspecified atom stereocenters. The number of carbonyl (C=O) groups excluding carboxylic acids is 1. The van der Waals surface area contributed by atoms with E-state index in [0.29, 0.717) is 0 Å². The third-order valence-electron chi connectivity index (χ3n) is 0.864. The number of halogens is 2. The van der Waals surface area contributed by atoms with Gasteiger partial charge in [-0.15, -0.1) is 11.6 Å². The summed E-state index contributed by atoms with van der Waals surface area (Å²) >= 11 is 11.2. The minimum Gasteiger partial charge on any atom is -0.290 e. The van der Waals surface area contributed by atoms with Crippen molar-refractivity contribution in [2.75, 3.05) is 6.38 Å². The highest BCUT2D eigenvalue weighted by Gasteiger charge is 2.24. The molecule has 10 heavy (non-hydrogen) atoms. The average Bonchev–Trinajstić information content (AvgIpc) is 2.25. The standard InChI is InChI=1S/C4H4ClNOS.CH3Cl/c1-2-3(7)4(5)6-8-2;1-2/h2H,1H3;1H3. The second-order valence-electron chi connectivity index (χ2n) is 1.49. The molecule has 0 aromatic rings. The molecule has 0 aromatic heterocycles. The van der Waals surface area contributed by atoms with Crippen molar-refractivity contribution >= 4 is 46.1 Å². The zero-order chi connectivity index (χ0) is 8.15. The second kappa shape index (κ2) is 4.99. The molecular formula is C5H7Cl2NOS. The van der Waals surface area contributed by atoms with Crippen molar-refractivity contribution < 1.29 is 4.79 Å². The van der Waals surface area contributed by atoms with Gasteiger partial charge in [-0.2, -0.15) is 4.40 Å². The summed E-state index contributed by atoms with van der Waals surface area (Å²) in [6, 6.07) is 0. The van der Waals surface area contributed by atoms with Crippen LogP contribution in [0.15, 0.2) is 4.40 Å². The lowest BCUT2D eigenvalue weighted by molar-refractivity contribution is -0.111. The predicted octanol–water partition coefficient (Wildman–Crippen LogP) is 2.10. The Hall–Kier alpha value is 0.270. The second-order valence-corrected chi connectivity index (χ2v) is 2.95. The Balaban J connectivity index is 0.000000371. The summed E-state index contributed by atoms with van der Waals surface area (Å²) in [6.45, 7) is 1.78. The van der Waals surface area contributed by atoms with Crippen LogP contribution in [0.25, 0.3) is 0 Å². The molecule has 2 nitrogen and oxygen atoms in total. The molecule has 1 aliphatic rings. The lowest BCUT2D eigenvalue weighted by atomic mass is 10.3. The number of hydrogen-bond acceptors (Lipinski definition) is 3. The molecule has 0 fully saturated rings. The Morgan fingerprint density at radius 2 is 2.10 bits per heavy atom. The number of alkyl halides is 1. The molecule has 0 bridgehead atoms. The molecular weight excluding hydrogens is 193 g/mol. The van der Waals surface area contributed by atoms with Gasteiger partial charge in [-0.25, -0.2) is 0 Å². The normalized spacial score (nSPS) is 23.4. The van der Waals surface area contributed by atoms with E-state index < -0.39 is 0 Å². The fraction of sp³-hybridized carbons (Fsp3) is 0.600. The highest BCUT2D eigenvalue weighted by Crippen LogP contribution is 2.22. The Labute approximate surface area is 74.1 Å². The van der Waals surface area contributed by atoms with Crippen LogP contribution in [0.2, 0.25) is 0 Å². The van der Waals surface area contributed by atoms with Gasteiger partial charge in [0.25, 0.3) is 0 Å². The smallest absolute Gasteiger partial charge is 0.207 e. The molecule has 58 valence electrons. The van der Waals surface area contributed by atoms with Crippen LogP contribution in [-0.4, -0.2) is 22.6 Å². The molecule has 1 atom stereocenters. The third-order valence-corrected chi connectivity index (χ3v) is 2.05. The summed E-state index contributed by atoms with van der Waals surface area (Å²) in [5.41, 5.74) is 0. The molecule has 0 aromatic carbocycles. The number of nitrogens with zero attached hydrogens (tertiary/aromatic N) is 1. The van der Waals surface area contributed by atoms with Crippen molar-refractivity contribution in [3.8, 4) is 0 Å². The van der Waals surface area contributed by atoms with Crippen molar-refractivity contribution in [3.63, 3.8) is 0 Å². The summed E-state index contributed by atoms with van der Waals surface area (Å²) in [7, 11) is 0. The van der Waals surface area contributed by atoms with E-state index in [-0.39, 0.29) is 16.2 Å². The van der Waals surface area contributed by atoms with Crippen molar-refractivity contribution in [1.82, 2.24) is 0 Å². The van der Waals surface area contributed by atoms with E-state index in [1.54, 1.807) is 6.92 Å². The molecule has 5 heteroatoms. The van der Waals surface area contributed by atoms with Crippen LogP contribution < -0.4 is 0 Å². The largest absolute Gasteiger partial charge is 0.290 e. The van der Waals surface area contributed by atoms with Gasteiger partial charge in [-0.1, -0.05) is 11.6 Å². The zero-order valence-corrected chi connectivity index (χ0v) is 7.93. The van der Waals surface area contributed by atoms with Crippen molar-refractivity contribution in [1.29, 1.82) is 0 Å². The van der Waals surface area contributed by atoms with Crippen LogP contribution in [-0.2, 0) is 4.79 Å². The maximum Gasteiger partial charge on any atom is 0.207 e. The molecule has 1 heterocycles. The lowest BCUT2D eigenvalue weighted by Gasteiger charge is -1.89. The minimum atomic E-state index is -0.0671. The summed E-state index contributed by atoms with van der Waals surface area (Å²) in [5.74, 6) is -0.0586. The number of ketones is 1. The first-order chi connectivity index (χ1) is 4.72. The van der Waals surface area contributed by atoms with Crippen LogP contribution in [0.5, 0.6) is 0 Å². The molecule has 0 spiro atoms. The molecule has 0 saturated heterocycles. The van der Waals surface area contributed by atoms with Crippen molar-refractivity contribution in [3.05, 3.63) is 0 Å². The first-order valence-corrected chi connectivity index (χ1v) is 4.50. The number of Topliss-reactive ketones (excluding diaryl/α,β-unsaturated/α-hetero) is 1. The van der Waals surface area contributed by atoms with Gasteiger partial charge in [0.05, 0.1) is 5.25 Å². The Kier molecular flexibility index (Phi) is 5.13. The SMILES string of the molecule is CC1SN=C(Cl)C1=O.CCl. The maximum atomic E-state index is 10.6. The Morgan fingerprint density at radius 1 is 1.60 bits per heavy atom.